The highest BCUT2D eigenvalue weighted by Crippen LogP contribution is 2.37. The molecule has 4 heteroatoms. The largest absolute Gasteiger partial charge is 0.490 e. The lowest BCUT2D eigenvalue weighted by molar-refractivity contribution is 0.297. The maximum absolute atomic E-state index is 6.35. The topological polar surface area (TPSA) is 30.5 Å². The Labute approximate surface area is 142 Å². The van der Waals surface area contributed by atoms with Gasteiger partial charge >= 0.3 is 0 Å². The standard InChI is InChI=1S/C19H22ClNO2/c1-4-10-23-19-16(20)11-15(12-18(19)22-5-2)13-21-17-9-7-6-8-14(17)3/h4,6-9,11-12,21H,1,5,10,13H2,2-3H3. The number of aryl methyl sites for hydroxylation is 1. The summed E-state index contributed by atoms with van der Waals surface area (Å²) in [5.41, 5.74) is 3.34. The molecule has 0 unspecified atom stereocenters. The van der Waals surface area contributed by atoms with Crippen molar-refractivity contribution in [3.8, 4) is 11.5 Å². The van der Waals surface area contributed by atoms with Crippen molar-refractivity contribution in [3.63, 3.8) is 0 Å². The van der Waals surface area contributed by atoms with Crippen LogP contribution < -0.4 is 14.8 Å². The van der Waals surface area contributed by atoms with Gasteiger partial charge < -0.3 is 14.8 Å². The van der Waals surface area contributed by atoms with E-state index >= 15 is 0 Å². The lowest BCUT2D eigenvalue weighted by atomic mass is 10.1. The lowest BCUT2D eigenvalue weighted by Gasteiger charge is -2.15. The molecule has 122 valence electrons. The third-order valence-corrected chi connectivity index (χ3v) is 3.62. The molecule has 0 aromatic heterocycles. The Bertz CT molecular complexity index is 670. The minimum Gasteiger partial charge on any atom is -0.490 e. The fraction of sp³-hybridized carbons (Fsp3) is 0.263. The first-order chi connectivity index (χ1) is 11.2. The first kappa shape index (κ1) is 17.2. The second kappa shape index (κ2) is 8.49. The molecule has 0 bridgehead atoms. The van der Waals surface area contributed by atoms with Gasteiger partial charge in [-0.3, -0.25) is 0 Å². The van der Waals surface area contributed by atoms with Gasteiger partial charge in [0.25, 0.3) is 0 Å². The Kier molecular flexibility index (Phi) is 6.36. The van der Waals surface area contributed by atoms with Crippen molar-refractivity contribution in [1.82, 2.24) is 0 Å². The Balaban J connectivity index is 2.19. The molecule has 0 aliphatic heterocycles. The van der Waals surface area contributed by atoms with Crippen molar-refractivity contribution in [1.29, 1.82) is 0 Å². The summed E-state index contributed by atoms with van der Waals surface area (Å²) in [6, 6.07) is 12.0. The van der Waals surface area contributed by atoms with Crippen molar-refractivity contribution >= 4 is 17.3 Å². The van der Waals surface area contributed by atoms with E-state index < -0.39 is 0 Å². The number of para-hydroxylation sites is 1. The molecule has 0 fully saturated rings. The number of hydrogen-bond acceptors (Lipinski definition) is 3. The van der Waals surface area contributed by atoms with E-state index in [4.69, 9.17) is 21.1 Å². The average molecular weight is 332 g/mol. The number of ether oxygens (including phenoxy) is 2. The zero-order chi connectivity index (χ0) is 16.7. The van der Waals surface area contributed by atoms with Gasteiger partial charge in [0.2, 0.25) is 0 Å². The third kappa shape index (κ3) is 4.67. The maximum Gasteiger partial charge on any atom is 0.180 e. The van der Waals surface area contributed by atoms with Gasteiger partial charge in [-0.1, -0.05) is 42.5 Å². The van der Waals surface area contributed by atoms with E-state index in [1.54, 1.807) is 6.08 Å². The minimum atomic E-state index is 0.389. The highest BCUT2D eigenvalue weighted by Gasteiger charge is 2.12. The van der Waals surface area contributed by atoms with Crippen molar-refractivity contribution in [2.45, 2.75) is 20.4 Å². The van der Waals surface area contributed by atoms with Crippen LogP contribution in [-0.4, -0.2) is 13.2 Å². The third-order valence-electron chi connectivity index (χ3n) is 3.34. The molecule has 0 saturated carbocycles. The highest BCUT2D eigenvalue weighted by atomic mass is 35.5. The van der Waals surface area contributed by atoms with Crippen LogP contribution in [0, 0.1) is 6.92 Å². The quantitative estimate of drug-likeness (QED) is 0.672. The number of halogens is 1. The Hall–Kier alpha value is -2.13. The van der Waals surface area contributed by atoms with Gasteiger partial charge in [0.1, 0.15) is 6.61 Å². The number of hydrogen-bond donors (Lipinski definition) is 1. The molecule has 2 aromatic carbocycles. The van der Waals surface area contributed by atoms with Crippen LogP contribution in [0.15, 0.2) is 49.1 Å². The molecular weight excluding hydrogens is 310 g/mol. The van der Waals surface area contributed by atoms with Crippen molar-refractivity contribution in [3.05, 3.63) is 65.2 Å². The molecule has 0 aliphatic carbocycles. The Morgan fingerprint density at radius 1 is 1.22 bits per heavy atom. The van der Waals surface area contributed by atoms with E-state index in [9.17, 15) is 0 Å². The Morgan fingerprint density at radius 3 is 2.70 bits per heavy atom. The van der Waals surface area contributed by atoms with Crippen molar-refractivity contribution in [2.75, 3.05) is 18.5 Å². The lowest BCUT2D eigenvalue weighted by Crippen LogP contribution is -2.04. The van der Waals surface area contributed by atoms with E-state index in [-0.39, 0.29) is 0 Å². The van der Waals surface area contributed by atoms with Gasteiger partial charge in [-0.05, 0) is 43.2 Å². The van der Waals surface area contributed by atoms with Crippen LogP contribution in [0.2, 0.25) is 5.02 Å². The monoisotopic (exact) mass is 331 g/mol. The van der Waals surface area contributed by atoms with E-state index in [1.165, 1.54) is 5.56 Å². The van der Waals surface area contributed by atoms with Crippen LogP contribution in [0.25, 0.3) is 0 Å². The molecule has 0 heterocycles. The molecule has 23 heavy (non-hydrogen) atoms. The van der Waals surface area contributed by atoms with Crippen LogP contribution in [0.5, 0.6) is 11.5 Å². The summed E-state index contributed by atoms with van der Waals surface area (Å²) in [7, 11) is 0. The van der Waals surface area contributed by atoms with Crippen LogP contribution in [0.3, 0.4) is 0 Å². The van der Waals surface area contributed by atoms with E-state index in [1.807, 2.05) is 31.2 Å². The van der Waals surface area contributed by atoms with Crippen LogP contribution in [0.4, 0.5) is 5.69 Å². The summed E-state index contributed by atoms with van der Waals surface area (Å²) in [5.74, 6) is 1.22. The summed E-state index contributed by atoms with van der Waals surface area (Å²) in [4.78, 5) is 0. The molecule has 0 spiro atoms. The number of nitrogens with one attached hydrogen (secondary N) is 1. The molecule has 0 saturated heterocycles. The van der Waals surface area contributed by atoms with Crippen LogP contribution >= 0.6 is 11.6 Å². The van der Waals surface area contributed by atoms with Crippen molar-refractivity contribution < 1.29 is 9.47 Å². The summed E-state index contributed by atoms with van der Waals surface area (Å²) in [5, 5.41) is 3.96. The summed E-state index contributed by atoms with van der Waals surface area (Å²) in [6.45, 7) is 9.26. The van der Waals surface area contributed by atoms with Crippen LogP contribution in [0.1, 0.15) is 18.1 Å². The van der Waals surface area contributed by atoms with Crippen LogP contribution in [-0.2, 0) is 6.54 Å². The fourth-order valence-corrected chi connectivity index (χ4v) is 2.53. The van der Waals surface area contributed by atoms with Gasteiger partial charge in [0.15, 0.2) is 11.5 Å². The number of benzene rings is 2. The minimum absolute atomic E-state index is 0.389. The normalized spacial score (nSPS) is 10.2. The summed E-state index contributed by atoms with van der Waals surface area (Å²) in [6.07, 6.45) is 1.68. The van der Waals surface area contributed by atoms with E-state index in [2.05, 4.69) is 31.0 Å². The molecule has 0 amide bonds. The van der Waals surface area contributed by atoms with Gasteiger partial charge in [-0.15, -0.1) is 0 Å². The molecule has 2 rings (SSSR count). The van der Waals surface area contributed by atoms with Gasteiger partial charge in [0.05, 0.1) is 11.6 Å². The second-order valence-corrected chi connectivity index (χ2v) is 5.51. The summed E-state index contributed by atoms with van der Waals surface area (Å²) < 4.78 is 11.3. The number of rotatable bonds is 8. The molecular formula is C19H22ClNO2. The van der Waals surface area contributed by atoms with Gasteiger partial charge in [0, 0.05) is 12.2 Å². The summed E-state index contributed by atoms with van der Waals surface area (Å²) >= 11 is 6.35. The zero-order valence-electron chi connectivity index (χ0n) is 13.6. The van der Waals surface area contributed by atoms with E-state index in [0.29, 0.717) is 36.3 Å². The van der Waals surface area contributed by atoms with Gasteiger partial charge in [-0.25, -0.2) is 0 Å². The van der Waals surface area contributed by atoms with Gasteiger partial charge in [-0.2, -0.15) is 0 Å². The first-order valence-electron chi connectivity index (χ1n) is 7.64. The highest BCUT2D eigenvalue weighted by molar-refractivity contribution is 6.32. The van der Waals surface area contributed by atoms with E-state index in [0.717, 1.165) is 11.3 Å². The SMILES string of the molecule is C=CCOc1c(Cl)cc(CNc2ccccc2C)cc1OCC. The molecule has 0 radical (unpaired) electrons. The smallest absolute Gasteiger partial charge is 0.180 e. The van der Waals surface area contributed by atoms with Crippen molar-refractivity contribution in [2.24, 2.45) is 0 Å². The second-order valence-electron chi connectivity index (χ2n) is 5.11. The zero-order valence-corrected chi connectivity index (χ0v) is 14.3. The molecule has 1 N–H and O–H groups in total. The molecule has 3 nitrogen and oxygen atoms in total. The predicted octanol–water partition coefficient (Wildman–Crippen LogP) is 5.22. The fourth-order valence-electron chi connectivity index (χ4n) is 2.24. The molecule has 0 atom stereocenters. The predicted molar refractivity (Wildman–Crippen MR) is 96.8 cm³/mol. The first-order valence-corrected chi connectivity index (χ1v) is 8.02. The number of anilines is 1. The molecule has 2 aromatic rings. The maximum atomic E-state index is 6.35. The Morgan fingerprint density at radius 2 is 2.00 bits per heavy atom. The average Bonchev–Trinajstić information content (AvgIpc) is 2.54. The molecule has 0 aliphatic rings.